The van der Waals surface area contributed by atoms with Crippen molar-refractivity contribution < 1.29 is 0 Å². The van der Waals surface area contributed by atoms with Crippen molar-refractivity contribution in [1.82, 2.24) is 10.2 Å². The van der Waals surface area contributed by atoms with E-state index in [0.717, 1.165) is 26.1 Å². The maximum absolute atomic E-state index is 5.89. The Bertz CT molecular complexity index is 385. The maximum atomic E-state index is 5.89. The summed E-state index contributed by atoms with van der Waals surface area (Å²) in [5.41, 5.74) is 7.18. The molecule has 0 saturated carbocycles. The van der Waals surface area contributed by atoms with E-state index >= 15 is 0 Å². The zero-order valence-corrected chi connectivity index (χ0v) is 13.0. The summed E-state index contributed by atoms with van der Waals surface area (Å²) >= 11 is 0. The van der Waals surface area contributed by atoms with Crippen LogP contribution in [0.25, 0.3) is 0 Å². The van der Waals surface area contributed by atoms with Crippen molar-refractivity contribution in [3.05, 3.63) is 35.9 Å². The normalized spacial score (nSPS) is 13.5. The van der Waals surface area contributed by atoms with Crippen molar-refractivity contribution >= 4 is 5.96 Å². The lowest BCUT2D eigenvalue weighted by Crippen LogP contribution is -2.35. The lowest BCUT2D eigenvalue weighted by atomic mass is 10.1. The Morgan fingerprint density at radius 2 is 1.85 bits per heavy atom. The zero-order chi connectivity index (χ0) is 14.8. The van der Waals surface area contributed by atoms with Crippen molar-refractivity contribution in [2.75, 3.05) is 26.2 Å². The number of nitrogens with one attached hydrogen (secondary N) is 1. The summed E-state index contributed by atoms with van der Waals surface area (Å²) in [4.78, 5) is 6.91. The summed E-state index contributed by atoms with van der Waals surface area (Å²) < 4.78 is 0. The van der Waals surface area contributed by atoms with Gasteiger partial charge in [0.25, 0.3) is 0 Å². The van der Waals surface area contributed by atoms with Crippen molar-refractivity contribution in [3.63, 3.8) is 0 Å². The first-order valence-electron chi connectivity index (χ1n) is 7.55. The molecule has 0 aliphatic rings. The van der Waals surface area contributed by atoms with Crippen LogP contribution in [0.4, 0.5) is 0 Å². The Balaban J connectivity index is 2.78. The molecular formula is C16H28N4. The van der Waals surface area contributed by atoms with Gasteiger partial charge < -0.3 is 11.1 Å². The van der Waals surface area contributed by atoms with Gasteiger partial charge in [0.2, 0.25) is 0 Å². The highest BCUT2D eigenvalue weighted by atomic mass is 15.2. The van der Waals surface area contributed by atoms with E-state index in [1.807, 2.05) is 6.07 Å². The standard InChI is InChI=1S/C16H28N4/c1-4-12-18-16(17)19-13-15(20(5-2)6-3)14-10-8-7-9-11-14/h7-11,15H,4-6,12-13H2,1-3H3,(H3,17,18,19). The Labute approximate surface area is 123 Å². The number of likely N-dealkylation sites (N-methyl/N-ethyl adjacent to an activating group) is 1. The van der Waals surface area contributed by atoms with Gasteiger partial charge in [-0.25, -0.2) is 0 Å². The van der Waals surface area contributed by atoms with Crippen LogP contribution in [0, 0.1) is 0 Å². The summed E-state index contributed by atoms with van der Waals surface area (Å²) in [7, 11) is 0. The minimum Gasteiger partial charge on any atom is -0.370 e. The highest BCUT2D eigenvalue weighted by molar-refractivity contribution is 5.77. The quantitative estimate of drug-likeness (QED) is 0.566. The first kappa shape index (κ1) is 16.5. The highest BCUT2D eigenvalue weighted by Gasteiger charge is 2.17. The van der Waals surface area contributed by atoms with Gasteiger partial charge in [0.05, 0.1) is 12.6 Å². The molecule has 0 saturated heterocycles. The van der Waals surface area contributed by atoms with Gasteiger partial charge in [-0.05, 0) is 25.1 Å². The van der Waals surface area contributed by atoms with Gasteiger partial charge in [-0.2, -0.15) is 0 Å². The largest absolute Gasteiger partial charge is 0.370 e. The molecule has 1 unspecified atom stereocenters. The van der Waals surface area contributed by atoms with Gasteiger partial charge in [0.1, 0.15) is 0 Å². The van der Waals surface area contributed by atoms with Gasteiger partial charge in [-0.1, -0.05) is 51.1 Å². The Morgan fingerprint density at radius 1 is 1.20 bits per heavy atom. The second kappa shape index (κ2) is 9.37. The molecule has 112 valence electrons. The van der Waals surface area contributed by atoms with Crippen molar-refractivity contribution in [2.45, 2.75) is 33.2 Å². The van der Waals surface area contributed by atoms with Gasteiger partial charge in [-0.15, -0.1) is 0 Å². The van der Waals surface area contributed by atoms with Crippen LogP contribution in [0.1, 0.15) is 38.8 Å². The molecule has 0 amide bonds. The average Bonchev–Trinajstić information content (AvgIpc) is 2.50. The number of guanidine groups is 1. The molecule has 1 aromatic rings. The SMILES string of the molecule is CCCNC(N)=NCC(c1ccccc1)N(CC)CC. The number of rotatable bonds is 8. The molecule has 0 radical (unpaired) electrons. The maximum Gasteiger partial charge on any atom is 0.188 e. The summed E-state index contributed by atoms with van der Waals surface area (Å²) in [6.07, 6.45) is 1.05. The molecule has 1 aromatic carbocycles. The molecule has 20 heavy (non-hydrogen) atoms. The van der Waals surface area contributed by atoms with Crippen LogP contribution in [0.2, 0.25) is 0 Å². The van der Waals surface area contributed by atoms with Crippen molar-refractivity contribution in [2.24, 2.45) is 10.7 Å². The molecule has 0 spiro atoms. The van der Waals surface area contributed by atoms with E-state index in [9.17, 15) is 0 Å². The van der Waals surface area contributed by atoms with Gasteiger partial charge in [0.15, 0.2) is 5.96 Å². The Kier molecular flexibility index (Phi) is 7.73. The Hall–Kier alpha value is -1.55. The highest BCUT2D eigenvalue weighted by Crippen LogP contribution is 2.20. The summed E-state index contributed by atoms with van der Waals surface area (Å²) in [5.74, 6) is 0.542. The second-order valence-electron chi connectivity index (χ2n) is 4.80. The number of hydrogen-bond donors (Lipinski definition) is 2. The van der Waals surface area contributed by atoms with Gasteiger partial charge in [-0.3, -0.25) is 9.89 Å². The van der Waals surface area contributed by atoms with Crippen LogP contribution < -0.4 is 11.1 Å². The monoisotopic (exact) mass is 276 g/mol. The van der Waals surface area contributed by atoms with Crippen LogP contribution in [0.15, 0.2) is 35.3 Å². The molecule has 4 nitrogen and oxygen atoms in total. The second-order valence-corrected chi connectivity index (χ2v) is 4.80. The molecular weight excluding hydrogens is 248 g/mol. The number of aliphatic imine (C=N–C) groups is 1. The summed E-state index contributed by atoms with van der Waals surface area (Å²) in [6.45, 7) is 10.1. The Morgan fingerprint density at radius 3 is 2.40 bits per heavy atom. The number of nitrogens with two attached hydrogens (primary N) is 1. The predicted octanol–water partition coefficient (Wildman–Crippen LogP) is 2.38. The van der Waals surface area contributed by atoms with E-state index in [1.54, 1.807) is 0 Å². The summed E-state index contributed by atoms with van der Waals surface area (Å²) in [6, 6.07) is 10.8. The number of benzene rings is 1. The fraction of sp³-hybridized carbons (Fsp3) is 0.562. The van der Waals surface area contributed by atoms with E-state index in [-0.39, 0.29) is 6.04 Å². The molecule has 0 fully saturated rings. The zero-order valence-electron chi connectivity index (χ0n) is 13.0. The van der Waals surface area contributed by atoms with Crippen LogP contribution in [-0.2, 0) is 0 Å². The number of nitrogens with zero attached hydrogens (tertiary/aromatic N) is 2. The average molecular weight is 276 g/mol. The van der Waals surface area contributed by atoms with E-state index in [2.05, 4.69) is 60.2 Å². The molecule has 0 aliphatic heterocycles. The molecule has 1 rings (SSSR count). The van der Waals surface area contributed by atoms with Crippen molar-refractivity contribution in [3.8, 4) is 0 Å². The third-order valence-corrected chi connectivity index (χ3v) is 3.43. The first-order chi connectivity index (χ1) is 9.72. The fourth-order valence-corrected chi connectivity index (χ4v) is 2.27. The topological polar surface area (TPSA) is 53.6 Å². The molecule has 0 aliphatic carbocycles. The first-order valence-corrected chi connectivity index (χ1v) is 7.55. The minimum absolute atomic E-state index is 0.285. The predicted molar refractivity (Wildman–Crippen MR) is 86.9 cm³/mol. The smallest absolute Gasteiger partial charge is 0.188 e. The summed E-state index contributed by atoms with van der Waals surface area (Å²) in [5, 5.41) is 3.12. The van der Waals surface area contributed by atoms with E-state index < -0.39 is 0 Å². The molecule has 3 N–H and O–H groups in total. The van der Waals surface area contributed by atoms with E-state index in [4.69, 9.17) is 5.73 Å². The lowest BCUT2D eigenvalue weighted by molar-refractivity contribution is 0.224. The van der Waals surface area contributed by atoms with Crippen LogP contribution in [-0.4, -0.2) is 37.0 Å². The van der Waals surface area contributed by atoms with Crippen LogP contribution >= 0.6 is 0 Å². The third-order valence-electron chi connectivity index (χ3n) is 3.43. The number of hydrogen-bond acceptors (Lipinski definition) is 2. The van der Waals surface area contributed by atoms with E-state index in [1.165, 1.54) is 5.56 Å². The molecule has 0 heterocycles. The minimum atomic E-state index is 0.285. The van der Waals surface area contributed by atoms with E-state index in [0.29, 0.717) is 12.5 Å². The van der Waals surface area contributed by atoms with Crippen LogP contribution in [0.3, 0.4) is 0 Å². The van der Waals surface area contributed by atoms with Crippen LogP contribution in [0.5, 0.6) is 0 Å². The van der Waals surface area contributed by atoms with Crippen molar-refractivity contribution in [1.29, 1.82) is 0 Å². The molecule has 4 heteroatoms. The molecule has 0 aromatic heterocycles. The van der Waals surface area contributed by atoms with Gasteiger partial charge in [0, 0.05) is 6.54 Å². The van der Waals surface area contributed by atoms with Gasteiger partial charge >= 0.3 is 0 Å². The molecule has 0 bridgehead atoms. The molecule has 1 atom stereocenters. The lowest BCUT2D eigenvalue weighted by Gasteiger charge is -2.29. The third kappa shape index (κ3) is 5.21. The fourth-order valence-electron chi connectivity index (χ4n) is 2.27.